The molecule has 1 amide bonds. The fourth-order valence-electron chi connectivity index (χ4n) is 2.38. The second-order valence-electron chi connectivity index (χ2n) is 5.36. The number of rotatable bonds is 6. The lowest BCUT2D eigenvalue weighted by molar-refractivity contribution is -0.142. The van der Waals surface area contributed by atoms with Gasteiger partial charge in [0.05, 0.1) is 13.2 Å². The van der Waals surface area contributed by atoms with Crippen LogP contribution in [0.3, 0.4) is 0 Å². The van der Waals surface area contributed by atoms with E-state index in [1.807, 2.05) is 0 Å². The van der Waals surface area contributed by atoms with Crippen molar-refractivity contribution in [3.63, 3.8) is 0 Å². The number of amides is 1. The zero-order valence-corrected chi connectivity index (χ0v) is 13.1. The summed E-state index contributed by atoms with van der Waals surface area (Å²) in [6.07, 6.45) is 1.58. The number of methoxy groups -OCH3 is 1. The zero-order valence-electron chi connectivity index (χ0n) is 13.1. The fraction of sp³-hybridized carbons (Fsp3) is 0.500. The van der Waals surface area contributed by atoms with E-state index < -0.39 is 12.0 Å². The zero-order chi connectivity index (χ0) is 16.7. The van der Waals surface area contributed by atoms with E-state index in [1.165, 1.54) is 7.11 Å². The van der Waals surface area contributed by atoms with Crippen LogP contribution in [0.2, 0.25) is 0 Å². The van der Waals surface area contributed by atoms with Gasteiger partial charge in [0.25, 0.3) is 0 Å². The lowest BCUT2D eigenvalue weighted by Gasteiger charge is -2.26. The number of nitrogens with one attached hydrogen (secondary N) is 1. The predicted molar refractivity (Wildman–Crippen MR) is 84.1 cm³/mol. The highest BCUT2D eigenvalue weighted by atomic mass is 16.6. The number of anilines is 1. The Balaban J connectivity index is 1.91. The predicted octanol–water partition coefficient (Wildman–Crippen LogP) is 0.931. The molecule has 2 rings (SSSR count). The summed E-state index contributed by atoms with van der Waals surface area (Å²) in [6, 6.07) is 6.22. The van der Waals surface area contributed by atoms with E-state index in [9.17, 15) is 9.59 Å². The number of carbonyl (C=O) groups is 2. The van der Waals surface area contributed by atoms with Crippen LogP contribution >= 0.6 is 0 Å². The van der Waals surface area contributed by atoms with Gasteiger partial charge >= 0.3 is 5.97 Å². The average Bonchev–Trinajstić information content (AvgIpc) is 2.60. The van der Waals surface area contributed by atoms with Gasteiger partial charge in [-0.3, -0.25) is 4.79 Å². The molecule has 0 spiro atoms. The monoisotopic (exact) mass is 322 g/mol. The van der Waals surface area contributed by atoms with Crippen LogP contribution in [0.5, 0.6) is 5.75 Å². The van der Waals surface area contributed by atoms with Gasteiger partial charge in [-0.2, -0.15) is 0 Å². The first-order chi connectivity index (χ1) is 11.1. The minimum Gasteiger partial charge on any atom is -0.482 e. The van der Waals surface area contributed by atoms with Crippen LogP contribution in [0.1, 0.15) is 12.8 Å². The van der Waals surface area contributed by atoms with Crippen LogP contribution < -0.4 is 15.8 Å². The van der Waals surface area contributed by atoms with Crippen molar-refractivity contribution in [1.29, 1.82) is 0 Å². The number of hydrogen-bond donors (Lipinski definition) is 2. The van der Waals surface area contributed by atoms with Gasteiger partial charge in [-0.25, -0.2) is 4.79 Å². The molecule has 3 N–H and O–H groups in total. The van der Waals surface area contributed by atoms with Crippen LogP contribution in [-0.4, -0.2) is 44.8 Å². The average molecular weight is 322 g/mol. The quantitative estimate of drug-likeness (QED) is 0.756. The minimum atomic E-state index is -0.571. The van der Waals surface area contributed by atoms with Crippen molar-refractivity contribution in [3.8, 4) is 5.75 Å². The maximum Gasteiger partial charge on any atom is 0.343 e. The number of benzene rings is 1. The largest absolute Gasteiger partial charge is 0.482 e. The smallest absolute Gasteiger partial charge is 0.343 e. The van der Waals surface area contributed by atoms with Crippen LogP contribution in [0.25, 0.3) is 0 Å². The van der Waals surface area contributed by atoms with E-state index in [0.717, 1.165) is 12.8 Å². The van der Waals surface area contributed by atoms with Gasteiger partial charge in [0.1, 0.15) is 5.75 Å². The first kappa shape index (κ1) is 17.2. The summed E-state index contributed by atoms with van der Waals surface area (Å²) in [6.45, 7) is 1.10. The molecule has 1 saturated heterocycles. The van der Waals surface area contributed by atoms with Crippen molar-refractivity contribution < 1.29 is 23.8 Å². The van der Waals surface area contributed by atoms with Crippen molar-refractivity contribution in [2.24, 2.45) is 11.7 Å². The summed E-state index contributed by atoms with van der Waals surface area (Å²) in [4.78, 5) is 23.3. The molecular weight excluding hydrogens is 300 g/mol. The Hall–Kier alpha value is -2.12. The maximum absolute atomic E-state index is 12.2. The molecule has 1 aliphatic heterocycles. The Labute approximate surface area is 135 Å². The van der Waals surface area contributed by atoms with Crippen LogP contribution in [-0.2, 0) is 19.1 Å². The third-order valence-corrected chi connectivity index (χ3v) is 3.76. The second kappa shape index (κ2) is 8.50. The van der Waals surface area contributed by atoms with Crippen molar-refractivity contribution in [3.05, 3.63) is 24.3 Å². The third-order valence-electron chi connectivity index (χ3n) is 3.76. The maximum atomic E-state index is 12.2. The SMILES string of the molecule is COC(=O)COc1cccc(NC(=O)C(N)C2CCOCC2)c1. The molecule has 1 unspecified atom stereocenters. The molecule has 0 aromatic heterocycles. The van der Waals surface area contributed by atoms with Gasteiger partial charge in [-0.1, -0.05) is 6.07 Å². The van der Waals surface area contributed by atoms with E-state index in [2.05, 4.69) is 10.1 Å². The number of hydrogen-bond acceptors (Lipinski definition) is 6. The van der Waals surface area contributed by atoms with E-state index in [0.29, 0.717) is 24.7 Å². The van der Waals surface area contributed by atoms with Gasteiger partial charge < -0.3 is 25.3 Å². The van der Waals surface area contributed by atoms with Gasteiger partial charge in [-0.15, -0.1) is 0 Å². The third kappa shape index (κ3) is 5.22. The molecule has 0 aliphatic carbocycles. The molecule has 0 bridgehead atoms. The minimum absolute atomic E-state index is 0.127. The normalized spacial score (nSPS) is 16.4. The highest BCUT2D eigenvalue weighted by Crippen LogP contribution is 2.21. The topological polar surface area (TPSA) is 99.9 Å². The summed E-state index contributed by atoms with van der Waals surface area (Å²) < 4.78 is 15.1. The Morgan fingerprint density at radius 1 is 1.39 bits per heavy atom. The standard InChI is InChI=1S/C16H22N2O5/c1-21-14(19)10-23-13-4-2-3-12(9-13)18-16(20)15(17)11-5-7-22-8-6-11/h2-4,9,11,15H,5-8,10,17H2,1H3,(H,18,20). The van der Waals surface area contributed by atoms with Crippen LogP contribution in [0, 0.1) is 5.92 Å². The summed E-state index contributed by atoms with van der Waals surface area (Å²) >= 11 is 0. The molecule has 7 nitrogen and oxygen atoms in total. The number of nitrogens with two attached hydrogens (primary N) is 1. The molecular formula is C16H22N2O5. The number of carbonyl (C=O) groups excluding carboxylic acids is 2. The highest BCUT2D eigenvalue weighted by molar-refractivity contribution is 5.95. The van der Waals surface area contributed by atoms with Gasteiger partial charge in [0, 0.05) is 25.0 Å². The van der Waals surface area contributed by atoms with E-state index >= 15 is 0 Å². The van der Waals surface area contributed by atoms with E-state index in [4.69, 9.17) is 15.2 Å². The molecule has 23 heavy (non-hydrogen) atoms. The van der Waals surface area contributed by atoms with Gasteiger partial charge in [0.15, 0.2) is 6.61 Å². The molecule has 0 radical (unpaired) electrons. The fourth-order valence-corrected chi connectivity index (χ4v) is 2.38. The summed E-state index contributed by atoms with van der Waals surface area (Å²) in [5.41, 5.74) is 6.60. The Kier molecular flexibility index (Phi) is 6.37. The van der Waals surface area contributed by atoms with Crippen molar-refractivity contribution in [2.75, 3.05) is 32.2 Å². The van der Waals surface area contributed by atoms with Gasteiger partial charge in [0.2, 0.25) is 5.91 Å². The molecule has 1 aromatic rings. The Morgan fingerprint density at radius 3 is 2.83 bits per heavy atom. The van der Waals surface area contributed by atoms with Crippen LogP contribution in [0.15, 0.2) is 24.3 Å². The Morgan fingerprint density at radius 2 is 2.13 bits per heavy atom. The van der Waals surface area contributed by atoms with Crippen molar-refractivity contribution >= 4 is 17.6 Å². The van der Waals surface area contributed by atoms with Gasteiger partial charge in [-0.05, 0) is 30.9 Å². The van der Waals surface area contributed by atoms with Crippen LogP contribution in [0.4, 0.5) is 5.69 Å². The Bertz CT molecular complexity index is 543. The molecule has 1 atom stereocenters. The molecule has 0 saturated carbocycles. The molecule has 1 heterocycles. The first-order valence-corrected chi connectivity index (χ1v) is 7.54. The second-order valence-corrected chi connectivity index (χ2v) is 5.36. The summed E-state index contributed by atoms with van der Waals surface area (Å²) in [5.74, 6) is -0.113. The molecule has 126 valence electrons. The first-order valence-electron chi connectivity index (χ1n) is 7.54. The highest BCUT2D eigenvalue weighted by Gasteiger charge is 2.26. The molecule has 7 heteroatoms. The molecule has 1 fully saturated rings. The molecule has 1 aromatic carbocycles. The number of esters is 1. The lowest BCUT2D eigenvalue weighted by atomic mass is 9.92. The van der Waals surface area contributed by atoms with E-state index in [1.54, 1.807) is 24.3 Å². The van der Waals surface area contributed by atoms with E-state index in [-0.39, 0.29) is 18.4 Å². The number of ether oxygens (including phenoxy) is 3. The van der Waals surface area contributed by atoms with Crippen molar-refractivity contribution in [2.45, 2.75) is 18.9 Å². The van der Waals surface area contributed by atoms with Crippen molar-refractivity contribution in [1.82, 2.24) is 0 Å². The summed E-state index contributed by atoms with van der Waals surface area (Å²) in [7, 11) is 1.29. The summed E-state index contributed by atoms with van der Waals surface area (Å²) in [5, 5.41) is 2.78. The lowest BCUT2D eigenvalue weighted by Crippen LogP contribution is -2.44. The molecule has 1 aliphatic rings.